The Morgan fingerprint density at radius 3 is 1.15 bits per heavy atom. The Hall–Kier alpha value is -3.87. The standard InChI is InChI=1S/C29H57N11O7/c1-16(33)24(42)39-22(12-9-15-32)29(47)37-19(4)27(45)40-21(11-6-8-14-31)28(46)36-17(2)25(43)35-18(3)26(44)38-20(23(34)41)10-5-7-13-30/h16-22H,5-15,30-33H2,1-4H3,(H2,34,41)(H,35,43)(H,36,46)(H,37,47)(H,38,44)(H,39,42)(H,40,45)/t16-,17-,18+,19+,20+,21+,22+/m1/s1. The first-order chi connectivity index (χ1) is 22.1. The molecule has 0 aromatic heterocycles. The average Bonchev–Trinajstić information content (AvgIpc) is 3.01. The fourth-order valence-corrected chi connectivity index (χ4v) is 4.19. The summed E-state index contributed by atoms with van der Waals surface area (Å²) in [5.74, 6) is -4.57. The van der Waals surface area contributed by atoms with Gasteiger partial charge in [0.25, 0.3) is 0 Å². The number of hydrogen-bond donors (Lipinski definition) is 11. The molecule has 18 nitrogen and oxygen atoms in total. The highest BCUT2D eigenvalue weighted by Crippen LogP contribution is 2.05. The van der Waals surface area contributed by atoms with Crippen molar-refractivity contribution in [2.24, 2.45) is 28.7 Å². The maximum Gasteiger partial charge on any atom is 0.243 e. The summed E-state index contributed by atoms with van der Waals surface area (Å²) < 4.78 is 0. The van der Waals surface area contributed by atoms with Gasteiger partial charge in [-0.05, 0) is 98.7 Å². The van der Waals surface area contributed by atoms with Crippen molar-refractivity contribution in [2.75, 3.05) is 19.6 Å². The third-order valence-corrected chi connectivity index (χ3v) is 7.19. The van der Waals surface area contributed by atoms with Gasteiger partial charge in [0, 0.05) is 0 Å². The van der Waals surface area contributed by atoms with Gasteiger partial charge in [-0.15, -0.1) is 0 Å². The second-order valence-corrected chi connectivity index (χ2v) is 11.6. The van der Waals surface area contributed by atoms with E-state index in [0.717, 1.165) is 0 Å². The van der Waals surface area contributed by atoms with E-state index in [1.165, 1.54) is 27.7 Å². The summed E-state index contributed by atoms with van der Waals surface area (Å²) >= 11 is 0. The summed E-state index contributed by atoms with van der Waals surface area (Å²) in [5, 5.41) is 15.2. The Bertz CT molecular complexity index is 1040. The molecule has 0 spiro atoms. The predicted octanol–water partition coefficient (Wildman–Crippen LogP) is -4.22. The summed E-state index contributed by atoms with van der Waals surface area (Å²) in [4.78, 5) is 88.3. The van der Waals surface area contributed by atoms with Gasteiger partial charge in [0.05, 0.1) is 6.04 Å². The van der Waals surface area contributed by atoms with Gasteiger partial charge in [0.15, 0.2) is 0 Å². The molecule has 0 fully saturated rings. The van der Waals surface area contributed by atoms with Crippen LogP contribution < -0.4 is 60.6 Å². The van der Waals surface area contributed by atoms with E-state index in [9.17, 15) is 33.6 Å². The molecular weight excluding hydrogens is 614 g/mol. The zero-order valence-corrected chi connectivity index (χ0v) is 28.1. The molecule has 0 bridgehead atoms. The molecule has 7 atom stereocenters. The van der Waals surface area contributed by atoms with Crippen molar-refractivity contribution in [2.45, 2.75) is 121 Å². The molecule has 0 rings (SSSR count). The van der Waals surface area contributed by atoms with Crippen molar-refractivity contribution in [3.8, 4) is 0 Å². The first kappa shape index (κ1) is 43.1. The zero-order valence-electron chi connectivity index (χ0n) is 28.1. The van der Waals surface area contributed by atoms with Crippen molar-refractivity contribution in [3.63, 3.8) is 0 Å². The SMILES string of the molecule is C[C@H](NC(=O)[C@H](CCCN)NC(=O)[C@@H](C)N)C(=O)N[C@@H](CCCCN)C(=O)N[C@H](C)C(=O)N[C@@H](C)C(=O)N[C@@H](CCCCN)C(N)=O. The summed E-state index contributed by atoms with van der Waals surface area (Å²) in [6, 6.07) is -7.11. The normalized spacial score (nSPS) is 15.4. The minimum Gasteiger partial charge on any atom is -0.368 e. The molecule has 0 aromatic rings. The second kappa shape index (κ2) is 23.4. The predicted molar refractivity (Wildman–Crippen MR) is 176 cm³/mol. The van der Waals surface area contributed by atoms with Crippen molar-refractivity contribution in [3.05, 3.63) is 0 Å². The Kier molecular flexibility index (Phi) is 21.5. The molecule has 0 unspecified atom stereocenters. The lowest BCUT2D eigenvalue weighted by atomic mass is 10.1. The lowest BCUT2D eigenvalue weighted by molar-refractivity contribution is -0.135. The quantitative estimate of drug-likeness (QED) is 0.0437. The van der Waals surface area contributed by atoms with Crippen LogP contribution in [0, 0.1) is 0 Å². The van der Waals surface area contributed by atoms with Crippen LogP contribution in [0.4, 0.5) is 0 Å². The maximum absolute atomic E-state index is 13.2. The van der Waals surface area contributed by atoms with Gasteiger partial charge in [0.2, 0.25) is 41.4 Å². The highest BCUT2D eigenvalue weighted by atomic mass is 16.2. The van der Waals surface area contributed by atoms with E-state index in [0.29, 0.717) is 51.6 Å². The minimum atomic E-state index is -1.11. The lowest BCUT2D eigenvalue weighted by Gasteiger charge is -2.25. The van der Waals surface area contributed by atoms with Crippen LogP contribution in [0.25, 0.3) is 0 Å². The van der Waals surface area contributed by atoms with E-state index in [4.69, 9.17) is 28.7 Å². The van der Waals surface area contributed by atoms with Crippen LogP contribution in [0.3, 0.4) is 0 Å². The minimum absolute atomic E-state index is 0.185. The number of rotatable bonds is 24. The van der Waals surface area contributed by atoms with Crippen LogP contribution >= 0.6 is 0 Å². The van der Waals surface area contributed by atoms with Gasteiger partial charge >= 0.3 is 0 Å². The number of primary amides is 1. The molecule has 16 N–H and O–H groups in total. The van der Waals surface area contributed by atoms with Crippen LogP contribution in [-0.2, 0) is 33.6 Å². The molecule has 0 saturated heterocycles. The largest absolute Gasteiger partial charge is 0.368 e. The molecule has 7 amide bonds. The topological polar surface area (TPSA) is 322 Å². The monoisotopic (exact) mass is 671 g/mol. The smallest absolute Gasteiger partial charge is 0.243 e. The molecular formula is C29H57N11O7. The van der Waals surface area contributed by atoms with Crippen LogP contribution in [0.2, 0.25) is 0 Å². The fraction of sp³-hybridized carbons (Fsp3) is 0.759. The number of nitrogens with one attached hydrogen (secondary N) is 6. The van der Waals surface area contributed by atoms with Gasteiger partial charge < -0.3 is 60.6 Å². The van der Waals surface area contributed by atoms with Gasteiger partial charge in [-0.25, -0.2) is 0 Å². The fourth-order valence-electron chi connectivity index (χ4n) is 4.19. The number of hydrogen-bond acceptors (Lipinski definition) is 11. The summed E-state index contributed by atoms with van der Waals surface area (Å²) in [7, 11) is 0. The molecule has 0 saturated carbocycles. The number of unbranched alkanes of at least 4 members (excludes halogenated alkanes) is 2. The molecule has 0 aliphatic heterocycles. The zero-order chi connectivity index (χ0) is 36.1. The third kappa shape index (κ3) is 17.6. The summed E-state index contributed by atoms with van der Waals surface area (Å²) in [6.07, 6.45) is 3.39. The molecule has 270 valence electrons. The van der Waals surface area contributed by atoms with Crippen LogP contribution in [0.5, 0.6) is 0 Å². The molecule has 18 heteroatoms. The van der Waals surface area contributed by atoms with E-state index in [2.05, 4.69) is 31.9 Å². The molecule has 0 aliphatic rings. The Labute approximate surface area is 276 Å². The Morgan fingerprint density at radius 2 is 0.766 bits per heavy atom. The first-order valence-corrected chi connectivity index (χ1v) is 16.1. The average molecular weight is 672 g/mol. The second-order valence-electron chi connectivity index (χ2n) is 11.6. The summed E-state index contributed by atoms with van der Waals surface area (Å²) in [6.45, 7) is 6.75. The van der Waals surface area contributed by atoms with Gasteiger partial charge in [-0.1, -0.05) is 0 Å². The molecule has 0 radical (unpaired) electrons. The van der Waals surface area contributed by atoms with Crippen molar-refractivity contribution in [1.29, 1.82) is 0 Å². The van der Waals surface area contributed by atoms with E-state index in [1.54, 1.807) is 0 Å². The molecule has 0 aliphatic carbocycles. The van der Waals surface area contributed by atoms with Crippen LogP contribution in [-0.4, -0.2) is 103 Å². The Morgan fingerprint density at radius 1 is 0.447 bits per heavy atom. The van der Waals surface area contributed by atoms with Gasteiger partial charge in [0.1, 0.15) is 36.3 Å². The van der Waals surface area contributed by atoms with E-state index < -0.39 is 83.6 Å². The number of carbonyl (C=O) groups is 7. The number of nitrogens with two attached hydrogens (primary N) is 5. The van der Waals surface area contributed by atoms with Crippen LogP contribution in [0.1, 0.15) is 79.1 Å². The van der Waals surface area contributed by atoms with E-state index in [-0.39, 0.29) is 19.4 Å². The highest BCUT2D eigenvalue weighted by molar-refractivity contribution is 5.96. The molecule has 0 heterocycles. The van der Waals surface area contributed by atoms with Crippen molar-refractivity contribution < 1.29 is 33.6 Å². The van der Waals surface area contributed by atoms with Crippen molar-refractivity contribution >= 4 is 41.4 Å². The molecule has 0 aromatic carbocycles. The number of carbonyl (C=O) groups excluding carboxylic acids is 7. The third-order valence-electron chi connectivity index (χ3n) is 7.19. The first-order valence-electron chi connectivity index (χ1n) is 16.1. The van der Waals surface area contributed by atoms with Crippen molar-refractivity contribution in [1.82, 2.24) is 31.9 Å². The Balaban J connectivity index is 5.37. The van der Waals surface area contributed by atoms with Crippen LogP contribution in [0.15, 0.2) is 0 Å². The van der Waals surface area contributed by atoms with Gasteiger partial charge in [-0.2, -0.15) is 0 Å². The highest BCUT2D eigenvalue weighted by Gasteiger charge is 2.30. The maximum atomic E-state index is 13.2. The lowest BCUT2D eigenvalue weighted by Crippen LogP contribution is -2.58. The van der Waals surface area contributed by atoms with Gasteiger partial charge in [-0.3, -0.25) is 33.6 Å². The number of amides is 7. The van der Waals surface area contributed by atoms with E-state index in [1.807, 2.05) is 0 Å². The van der Waals surface area contributed by atoms with E-state index >= 15 is 0 Å². The molecule has 47 heavy (non-hydrogen) atoms. The summed E-state index contributed by atoms with van der Waals surface area (Å²) in [5.41, 5.74) is 27.6.